The number of pyridine rings is 1. The van der Waals surface area contributed by atoms with Crippen molar-refractivity contribution in [2.45, 2.75) is 19.6 Å². The molecule has 0 bridgehead atoms. The molecule has 1 heterocycles. The van der Waals surface area contributed by atoms with Crippen LogP contribution in [0.3, 0.4) is 0 Å². The lowest BCUT2D eigenvalue weighted by Crippen LogP contribution is -2.37. The zero-order valence-corrected chi connectivity index (χ0v) is 9.38. The number of alkyl halides is 3. The second-order valence-corrected chi connectivity index (χ2v) is 3.45. The van der Waals surface area contributed by atoms with Crippen LogP contribution in [0.4, 0.5) is 13.2 Å². The highest BCUT2D eigenvalue weighted by Crippen LogP contribution is 2.28. The Morgan fingerprint density at radius 2 is 2.12 bits per heavy atom. The number of hydrazine groups is 1. The van der Waals surface area contributed by atoms with E-state index in [9.17, 15) is 18.0 Å². The number of aromatic nitrogens is 1. The lowest BCUT2D eigenvalue weighted by Gasteiger charge is -2.15. The Bertz CT molecular complexity index is 389. The van der Waals surface area contributed by atoms with Crippen LogP contribution in [-0.4, -0.2) is 22.9 Å². The van der Waals surface area contributed by atoms with E-state index in [0.29, 0.717) is 5.69 Å². The van der Waals surface area contributed by atoms with Crippen molar-refractivity contribution in [2.75, 3.05) is 7.05 Å². The predicted octanol–water partition coefficient (Wildman–Crippen LogP) is 1.58. The van der Waals surface area contributed by atoms with Gasteiger partial charge in [-0.15, -0.1) is 0 Å². The molecule has 4 nitrogen and oxygen atoms in total. The minimum Gasteiger partial charge on any atom is -0.281 e. The fourth-order valence-electron chi connectivity index (χ4n) is 1.01. The van der Waals surface area contributed by atoms with Gasteiger partial charge in [-0.3, -0.25) is 14.8 Å². The van der Waals surface area contributed by atoms with Crippen LogP contribution in [-0.2, 0) is 17.5 Å². The van der Waals surface area contributed by atoms with Crippen LogP contribution < -0.4 is 5.43 Å². The number of amides is 1. The van der Waals surface area contributed by atoms with E-state index in [2.05, 4.69) is 10.4 Å². The first-order valence-electron chi connectivity index (χ1n) is 4.80. The zero-order chi connectivity index (χ0) is 13.1. The molecule has 0 unspecified atom stereocenters. The van der Waals surface area contributed by atoms with Gasteiger partial charge in [-0.05, 0) is 12.1 Å². The maximum Gasteiger partial charge on any atom is 0.417 e. The van der Waals surface area contributed by atoms with Crippen molar-refractivity contribution in [3.63, 3.8) is 0 Å². The van der Waals surface area contributed by atoms with Crippen LogP contribution in [0.5, 0.6) is 0 Å². The highest BCUT2D eigenvalue weighted by Gasteiger charge is 2.30. The van der Waals surface area contributed by atoms with Crippen LogP contribution >= 0.6 is 0 Å². The second-order valence-electron chi connectivity index (χ2n) is 3.45. The molecule has 1 aromatic rings. The Morgan fingerprint density at radius 3 is 2.53 bits per heavy atom. The fourth-order valence-corrected chi connectivity index (χ4v) is 1.01. The largest absolute Gasteiger partial charge is 0.417 e. The van der Waals surface area contributed by atoms with E-state index in [-0.39, 0.29) is 12.5 Å². The van der Waals surface area contributed by atoms with Gasteiger partial charge in [-0.1, -0.05) is 0 Å². The monoisotopic (exact) mass is 247 g/mol. The van der Waals surface area contributed by atoms with Gasteiger partial charge < -0.3 is 0 Å². The van der Waals surface area contributed by atoms with Crippen molar-refractivity contribution >= 4 is 5.91 Å². The lowest BCUT2D eigenvalue weighted by molar-refractivity contribution is -0.137. The molecule has 7 heteroatoms. The summed E-state index contributed by atoms with van der Waals surface area (Å²) in [7, 11) is 1.52. The lowest BCUT2D eigenvalue weighted by atomic mass is 10.2. The van der Waals surface area contributed by atoms with E-state index in [1.807, 2.05) is 0 Å². The average molecular weight is 247 g/mol. The van der Waals surface area contributed by atoms with E-state index >= 15 is 0 Å². The molecule has 1 rings (SSSR count). The van der Waals surface area contributed by atoms with Crippen LogP contribution in [0, 0.1) is 0 Å². The molecule has 94 valence electrons. The van der Waals surface area contributed by atoms with Gasteiger partial charge in [-0.2, -0.15) is 13.2 Å². The number of nitrogens with zero attached hydrogens (tertiary/aromatic N) is 2. The quantitative estimate of drug-likeness (QED) is 0.825. The molecule has 1 N–H and O–H groups in total. The smallest absolute Gasteiger partial charge is 0.281 e. The van der Waals surface area contributed by atoms with E-state index in [4.69, 9.17) is 0 Å². The normalized spacial score (nSPS) is 11.4. The zero-order valence-electron chi connectivity index (χ0n) is 9.38. The van der Waals surface area contributed by atoms with Gasteiger partial charge in [0.15, 0.2) is 0 Å². The van der Waals surface area contributed by atoms with Crippen molar-refractivity contribution < 1.29 is 18.0 Å². The van der Waals surface area contributed by atoms with Gasteiger partial charge in [0.25, 0.3) is 0 Å². The summed E-state index contributed by atoms with van der Waals surface area (Å²) in [6.07, 6.45) is -3.61. The summed E-state index contributed by atoms with van der Waals surface area (Å²) in [4.78, 5) is 14.5. The van der Waals surface area contributed by atoms with Crippen molar-refractivity contribution in [1.29, 1.82) is 0 Å². The van der Waals surface area contributed by atoms with Crippen LogP contribution in [0.25, 0.3) is 0 Å². The summed E-state index contributed by atoms with van der Waals surface area (Å²) in [5.74, 6) is -0.197. The number of hydrogen-bond acceptors (Lipinski definition) is 3. The van der Waals surface area contributed by atoms with Gasteiger partial charge in [0.2, 0.25) is 5.91 Å². The van der Waals surface area contributed by atoms with E-state index < -0.39 is 11.7 Å². The molecule has 0 aliphatic rings. The maximum absolute atomic E-state index is 12.2. The minimum absolute atomic E-state index is 0.189. The Morgan fingerprint density at radius 1 is 1.47 bits per heavy atom. The van der Waals surface area contributed by atoms with Crippen LogP contribution in [0.2, 0.25) is 0 Å². The van der Waals surface area contributed by atoms with Gasteiger partial charge in [0.1, 0.15) is 0 Å². The number of carbonyl (C=O) groups is 1. The third-order valence-corrected chi connectivity index (χ3v) is 2.12. The maximum atomic E-state index is 12.2. The Labute approximate surface area is 96.4 Å². The third-order valence-electron chi connectivity index (χ3n) is 2.12. The van der Waals surface area contributed by atoms with Gasteiger partial charge >= 0.3 is 6.18 Å². The number of carbonyl (C=O) groups excluding carboxylic acids is 1. The first-order chi connectivity index (χ1) is 7.80. The van der Waals surface area contributed by atoms with Crippen LogP contribution in [0.15, 0.2) is 18.3 Å². The number of nitrogens with one attached hydrogen (secondary N) is 1. The highest BCUT2D eigenvalue weighted by atomic mass is 19.4. The molecule has 0 aliphatic heterocycles. The molecule has 0 aliphatic carbocycles. The summed E-state index contributed by atoms with van der Waals surface area (Å²) < 4.78 is 36.7. The van der Waals surface area contributed by atoms with Gasteiger partial charge in [0, 0.05) is 20.2 Å². The second kappa shape index (κ2) is 5.13. The number of hydrogen-bond donors (Lipinski definition) is 1. The highest BCUT2D eigenvalue weighted by molar-refractivity contribution is 5.72. The Balaban J connectivity index is 2.60. The van der Waals surface area contributed by atoms with Crippen molar-refractivity contribution in [3.05, 3.63) is 29.6 Å². The van der Waals surface area contributed by atoms with Crippen LogP contribution in [0.1, 0.15) is 18.2 Å². The molecule has 0 spiro atoms. The third kappa shape index (κ3) is 4.03. The molecule has 0 atom stereocenters. The topological polar surface area (TPSA) is 45.2 Å². The molecule has 0 fully saturated rings. The molecule has 0 saturated carbocycles. The summed E-state index contributed by atoms with van der Waals surface area (Å²) in [5.41, 5.74) is 2.33. The summed E-state index contributed by atoms with van der Waals surface area (Å²) in [6, 6.07) is 2.22. The molecule has 1 amide bonds. The van der Waals surface area contributed by atoms with E-state index in [1.54, 1.807) is 0 Å². The summed E-state index contributed by atoms with van der Waals surface area (Å²) >= 11 is 0. The SMILES string of the molecule is CC(=O)N(C)NCc1ccc(C(F)(F)F)cn1. The molecule has 0 saturated heterocycles. The van der Waals surface area contributed by atoms with Crippen molar-refractivity contribution in [3.8, 4) is 0 Å². The average Bonchev–Trinajstić information content (AvgIpc) is 2.25. The van der Waals surface area contributed by atoms with Gasteiger partial charge in [-0.25, -0.2) is 5.43 Å². The minimum atomic E-state index is -4.38. The molecular weight excluding hydrogens is 235 g/mol. The van der Waals surface area contributed by atoms with E-state index in [0.717, 1.165) is 12.3 Å². The number of rotatable bonds is 3. The van der Waals surface area contributed by atoms with E-state index in [1.165, 1.54) is 25.0 Å². The first kappa shape index (κ1) is 13.4. The molecule has 17 heavy (non-hydrogen) atoms. The molecule has 0 radical (unpaired) electrons. The first-order valence-corrected chi connectivity index (χ1v) is 4.80. The summed E-state index contributed by atoms with van der Waals surface area (Å²) in [5, 5.41) is 1.24. The fraction of sp³-hybridized carbons (Fsp3) is 0.400. The standard InChI is InChI=1S/C10H12F3N3O/c1-7(17)16(2)15-6-9-4-3-8(5-14-9)10(11,12)13/h3-5,15H,6H2,1-2H3. The van der Waals surface area contributed by atoms with Gasteiger partial charge in [0.05, 0.1) is 17.8 Å². The predicted molar refractivity (Wildman–Crippen MR) is 54.5 cm³/mol. The number of halogens is 3. The summed E-state index contributed by atoms with van der Waals surface area (Å²) in [6.45, 7) is 1.56. The molecule has 0 aromatic carbocycles. The van der Waals surface area contributed by atoms with Crippen molar-refractivity contribution in [1.82, 2.24) is 15.4 Å². The Hall–Kier alpha value is -1.63. The molecule has 1 aromatic heterocycles. The molecular formula is C10H12F3N3O. The Kier molecular flexibility index (Phi) is 4.06. The van der Waals surface area contributed by atoms with Crippen molar-refractivity contribution in [2.24, 2.45) is 0 Å².